The molecule has 1 fully saturated rings. The van der Waals surface area contributed by atoms with Crippen molar-refractivity contribution in [2.45, 2.75) is 39.2 Å². The summed E-state index contributed by atoms with van der Waals surface area (Å²) in [4.78, 5) is 12.6. The Balaban J connectivity index is 2.28. The van der Waals surface area contributed by atoms with E-state index in [1.807, 2.05) is 32.9 Å². The van der Waals surface area contributed by atoms with E-state index >= 15 is 0 Å². The molecule has 0 amide bonds. The number of benzene rings is 1. The van der Waals surface area contributed by atoms with Gasteiger partial charge in [0.25, 0.3) is 0 Å². The van der Waals surface area contributed by atoms with Gasteiger partial charge in [-0.3, -0.25) is 4.79 Å². The number of hydrogen-bond acceptors (Lipinski definition) is 4. The van der Waals surface area contributed by atoms with E-state index in [4.69, 9.17) is 9.47 Å². The first kappa shape index (κ1) is 14.9. The molecule has 0 spiro atoms. The third-order valence-electron chi connectivity index (χ3n) is 3.68. The van der Waals surface area contributed by atoms with E-state index in [9.17, 15) is 4.79 Å². The van der Waals surface area contributed by atoms with Crippen LogP contribution in [0.15, 0.2) is 18.2 Å². The second-order valence-corrected chi connectivity index (χ2v) is 5.22. The van der Waals surface area contributed by atoms with Gasteiger partial charge in [0.15, 0.2) is 17.3 Å². The van der Waals surface area contributed by atoms with Crippen molar-refractivity contribution in [3.05, 3.63) is 23.8 Å². The lowest BCUT2D eigenvalue weighted by atomic mass is 9.90. The molecule has 20 heavy (non-hydrogen) atoms. The van der Waals surface area contributed by atoms with E-state index in [1.54, 1.807) is 6.07 Å². The second-order valence-electron chi connectivity index (χ2n) is 5.22. The van der Waals surface area contributed by atoms with E-state index in [-0.39, 0.29) is 5.78 Å². The van der Waals surface area contributed by atoms with Crippen LogP contribution in [-0.2, 0) is 0 Å². The molecule has 0 saturated carbocycles. The maximum absolute atomic E-state index is 12.6. The molecule has 4 nitrogen and oxygen atoms in total. The third-order valence-corrected chi connectivity index (χ3v) is 3.68. The molecule has 2 rings (SSSR count). The molecule has 0 aromatic heterocycles. The van der Waals surface area contributed by atoms with E-state index < -0.39 is 5.54 Å². The van der Waals surface area contributed by atoms with Gasteiger partial charge in [0.1, 0.15) is 0 Å². The minimum atomic E-state index is -0.448. The molecule has 110 valence electrons. The van der Waals surface area contributed by atoms with Gasteiger partial charge in [-0.2, -0.15) is 0 Å². The van der Waals surface area contributed by atoms with Gasteiger partial charge in [-0.25, -0.2) is 0 Å². The quantitative estimate of drug-likeness (QED) is 0.812. The summed E-state index contributed by atoms with van der Waals surface area (Å²) in [6.45, 7) is 7.85. The van der Waals surface area contributed by atoms with Gasteiger partial charge in [0.2, 0.25) is 0 Å². The van der Waals surface area contributed by atoms with Crippen molar-refractivity contribution in [2.24, 2.45) is 0 Å². The summed E-state index contributed by atoms with van der Waals surface area (Å²) in [5.41, 5.74) is 0.227. The van der Waals surface area contributed by atoms with Crippen LogP contribution in [0.4, 0.5) is 0 Å². The van der Waals surface area contributed by atoms with Crippen LogP contribution in [-0.4, -0.2) is 31.1 Å². The Morgan fingerprint density at radius 3 is 2.55 bits per heavy atom. The number of Topliss-reactive ketones (excluding diaryl/α,β-unsaturated/α-hetero) is 1. The minimum absolute atomic E-state index is 0.124. The van der Waals surface area contributed by atoms with E-state index in [0.717, 1.165) is 19.4 Å². The zero-order valence-electron chi connectivity index (χ0n) is 12.5. The zero-order valence-corrected chi connectivity index (χ0v) is 12.5. The maximum Gasteiger partial charge on any atom is 0.182 e. The largest absolute Gasteiger partial charge is 0.490 e. The molecular formula is C16H23NO3. The van der Waals surface area contributed by atoms with Crippen LogP contribution in [0.5, 0.6) is 11.5 Å². The number of nitrogens with one attached hydrogen (secondary N) is 1. The molecule has 1 aromatic carbocycles. The molecular weight excluding hydrogens is 254 g/mol. The van der Waals surface area contributed by atoms with Crippen LogP contribution in [0.25, 0.3) is 0 Å². The van der Waals surface area contributed by atoms with Crippen molar-refractivity contribution in [1.29, 1.82) is 0 Å². The summed E-state index contributed by atoms with van der Waals surface area (Å²) in [6.07, 6.45) is 1.92. The Morgan fingerprint density at radius 1 is 1.25 bits per heavy atom. The van der Waals surface area contributed by atoms with Crippen LogP contribution < -0.4 is 14.8 Å². The molecule has 1 atom stereocenters. The summed E-state index contributed by atoms with van der Waals surface area (Å²) in [6, 6.07) is 5.43. The van der Waals surface area contributed by atoms with Gasteiger partial charge in [-0.05, 0) is 58.4 Å². The third kappa shape index (κ3) is 2.96. The lowest BCUT2D eigenvalue weighted by molar-refractivity contribution is 0.0884. The normalized spacial score (nSPS) is 21.8. The zero-order chi connectivity index (χ0) is 14.6. The SMILES string of the molecule is CCOc1ccc(C(=O)C2(C)CCCN2)cc1OCC. The number of hydrogen-bond donors (Lipinski definition) is 1. The van der Waals surface area contributed by atoms with Crippen molar-refractivity contribution < 1.29 is 14.3 Å². The van der Waals surface area contributed by atoms with Crippen molar-refractivity contribution in [1.82, 2.24) is 5.32 Å². The molecule has 1 N–H and O–H groups in total. The van der Waals surface area contributed by atoms with Crippen molar-refractivity contribution >= 4 is 5.78 Å². The summed E-state index contributed by atoms with van der Waals surface area (Å²) < 4.78 is 11.1. The Bertz CT molecular complexity index is 479. The number of carbonyl (C=O) groups is 1. The highest BCUT2D eigenvalue weighted by atomic mass is 16.5. The smallest absolute Gasteiger partial charge is 0.182 e. The molecule has 1 aliphatic heterocycles. The van der Waals surface area contributed by atoms with Crippen molar-refractivity contribution in [3.8, 4) is 11.5 Å². The lowest BCUT2D eigenvalue weighted by Gasteiger charge is -2.23. The maximum atomic E-state index is 12.6. The van der Waals surface area contributed by atoms with Gasteiger partial charge in [0, 0.05) is 5.56 Å². The Kier molecular flexibility index (Phi) is 4.65. The molecule has 1 heterocycles. The first-order chi connectivity index (χ1) is 9.60. The van der Waals surface area contributed by atoms with Crippen LogP contribution >= 0.6 is 0 Å². The molecule has 1 saturated heterocycles. The number of ketones is 1. The minimum Gasteiger partial charge on any atom is -0.490 e. The Labute approximate surface area is 120 Å². The van der Waals surface area contributed by atoms with Gasteiger partial charge in [-0.15, -0.1) is 0 Å². The van der Waals surface area contributed by atoms with Gasteiger partial charge >= 0.3 is 0 Å². The van der Waals surface area contributed by atoms with Crippen LogP contribution in [0, 0.1) is 0 Å². The fraction of sp³-hybridized carbons (Fsp3) is 0.562. The highest BCUT2D eigenvalue weighted by Gasteiger charge is 2.36. The van der Waals surface area contributed by atoms with Gasteiger partial charge in [-0.1, -0.05) is 0 Å². The van der Waals surface area contributed by atoms with Crippen LogP contribution in [0.3, 0.4) is 0 Å². The molecule has 1 aromatic rings. The van der Waals surface area contributed by atoms with Gasteiger partial charge in [0.05, 0.1) is 18.8 Å². The summed E-state index contributed by atoms with van der Waals surface area (Å²) in [5.74, 6) is 1.45. The van der Waals surface area contributed by atoms with E-state index in [1.165, 1.54) is 0 Å². The second kappa shape index (κ2) is 6.27. The van der Waals surface area contributed by atoms with Crippen molar-refractivity contribution in [2.75, 3.05) is 19.8 Å². The average Bonchev–Trinajstić information content (AvgIpc) is 2.89. The van der Waals surface area contributed by atoms with Crippen LogP contribution in [0.2, 0.25) is 0 Å². The van der Waals surface area contributed by atoms with E-state index in [2.05, 4.69) is 5.32 Å². The summed E-state index contributed by atoms with van der Waals surface area (Å²) >= 11 is 0. The molecule has 1 aliphatic rings. The van der Waals surface area contributed by atoms with Crippen molar-refractivity contribution in [3.63, 3.8) is 0 Å². The average molecular weight is 277 g/mol. The molecule has 4 heteroatoms. The first-order valence-corrected chi connectivity index (χ1v) is 7.30. The Hall–Kier alpha value is -1.55. The first-order valence-electron chi connectivity index (χ1n) is 7.30. The van der Waals surface area contributed by atoms with E-state index in [0.29, 0.717) is 30.3 Å². The predicted octanol–water partition coefficient (Wildman–Crippen LogP) is 2.81. The predicted molar refractivity (Wildman–Crippen MR) is 78.8 cm³/mol. The fourth-order valence-corrected chi connectivity index (χ4v) is 2.60. The fourth-order valence-electron chi connectivity index (χ4n) is 2.60. The van der Waals surface area contributed by atoms with Gasteiger partial charge < -0.3 is 14.8 Å². The molecule has 0 bridgehead atoms. The molecule has 0 aliphatic carbocycles. The van der Waals surface area contributed by atoms with Crippen LogP contribution in [0.1, 0.15) is 44.0 Å². The summed E-state index contributed by atoms with van der Waals surface area (Å²) in [5, 5.41) is 3.30. The number of rotatable bonds is 6. The topological polar surface area (TPSA) is 47.6 Å². The highest BCUT2D eigenvalue weighted by molar-refractivity contribution is 6.03. The lowest BCUT2D eigenvalue weighted by Crippen LogP contribution is -2.44. The standard InChI is InChI=1S/C16H23NO3/c1-4-19-13-8-7-12(11-14(13)20-5-2)15(18)16(3)9-6-10-17-16/h7-8,11,17H,4-6,9-10H2,1-3H3. The number of ether oxygens (including phenoxy) is 2. The molecule has 1 unspecified atom stereocenters. The Morgan fingerprint density at radius 2 is 1.95 bits per heavy atom. The number of carbonyl (C=O) groups excluding carboxylic acids is 1. The summed E-state index contributed by atoms with van der Waals surface area (Å²) in [7, 11) is 0. The molecule has 0 radical (unpaired) electrons. The highest BCUT2D eigenvalue weighted by Crippen LogP contribution is 2.31. The monoisotopic (exact) mass is 277 g/mol.